The zero-order chi connectivity index (χ0) is 17.6. The van der Waals surface area contributed by atoms with Crippen molar-refractivity contribution in [3.63, 3.8) is 0 Å². The normalized spacial score (nSPS) is 12.7. The molecule has 2 aromatic rings. The molecule has 0 saturated carbocycles. The highest BCUT2D eigenvalue weighted by atomic mass is 16.3. The summed E-state index contributed by atoms with van der Waals surface area (Å²) in [4.78, 5) is 23.7. The molecular formula is C17H17N3O4. The Morgan fingerprint density at radius 3 is 2.67 bits per heavy atom. The standard InChI is InChI=1S/C17H17N3O4/c1-17(23,9-13-6-4-8-24-13)11-19-15(21)16(22)20-14-7-3-2-5-12(14)10-18/h2-8,23H,9,11H2,1H3,(H,19,21)(H,20,22). The van der Waals surface area contributed by atoms with Gasteiger partial charge in [0.1, 0.15) is 11.8 Å². The number of amides is 2. The summed E-state index contributed by atoms with van der Waals surface area (Å²) in [5.74, 6) is -1.24. The lowest BCUT2D eigenvalue weighted by Crippen LogP contribution is -2.45. The molecule has 0 aliphatic carbocycles. The van der Waals surface area contributed by atoms with Crippen molar-refractivity contribution in [2.45, 2.75) is 18.9 Å². The van der Waals surface area contributed by atoms with Crippen LogP contribution in [0.25, 0.3) is 0 Å². The van der Waals surface area contributed by atoms with Crippen LogP contribution < -0.4 is 10.6 Å². The van der Waals surface area contributed by atoms with Crippen molar-refractivity contribution in [2.24, 2.45) is 0 Å². The molecule has 24 heavy (non-hydrogen) atoms. The summed E-state index contributed by atoms with van der Waals surface area (Å²) in [6.07, 6.45) is 1.68. The smallest absolute Gasteiger partial charge is 0.313 e. The molecule has 124 valence electrons. The predicted octanol–water partition coefficient (Wildman–Crippen LogP) is 1.20. The van der Waals surface area contributed by atoms with Crippen molar-refractivity contribution in [1.82, 2.24) is 5.32 Å². The summed E-state index contributed by atoms with van der Waals surface area (Å²) in [5, 5.41) is 23.9. The first-order valence-electron chi connectivity index (χ1n) is 7.24. The van der Waals surface area contributed by atoms with Crippen molar-refractivity contribution in [3.05, 3.63) is 54.0 Å². The molecule has 1 unspecified atom stereocenters. The largest absolute Gasteiger partial charge is 0.469 e. The third-order valence-electron chi connectivity index (χ3n) is 3.27. The Morgan fingerprint density at radius 1 is 1.25 bits per heavy atom. The minimum absolute atomic E-state index is 0.125. The maximum Gasteiger partial charge on any atom is 0.313 e. The number of aliphatic hydroxyl groups is 1. The van der Waals surface area contributed by atoms with Gasteiger partial charge in [0.2, 0.25) is 0 Å². The van der Waals surface area contributed by atoms with E-state index in [9.17, 15) is 14.7 Å². The highest BCUT2D eigenvalue weighted by Crippen LogP contribution is 2.14. The molecule has 0 bridgehead atoms. The minimum atomic E-state index is -1.27. The van der Waals surface area contributed by atoms with E-state index in [1.165, 1.54) is 25.3 Å². The number of para-hydroxylation sites is 1. The van der Waals surface area contributed by atoms with E-state index < -0.39 is 17.4 Å². The second-order valence-electron chi connectivity index (χ2n) is 5.55. The molecule has 2 amide bonds. The van der Waals surface area contributed by atoms with Crippen LogP contribution in [-0.4, -0.2) is 29.1 Å². The maximum absolute atomic E-state index is 11.9. The van der Waals surface area contributed by atoms with Gasteiger partial charge in [-0.1, -0.05) is 12.1 Å². The van der Waals surface area contributed by atoms with Gasteiger partial charge in [-0.05, 0) is 31.2 Å². The van der Waals surface area contributed by atoms with Crippen LogP contribution in [0.1, 0.15) is 18.2 Å². The van der Waals surface area contributed by atoms with Gasteiger partial charge in [0.15, 0.2) is 0 Å². The Morgan fingerprint density at radius 2 is 2.00 bits per heavy atom. The SMILES string of the molecule is CC(O)(CNC(=O)C(=O)Nc1ccccc1C#N)Cc1ccco1. The number of anilines is 1. The molecule has 1 atom stereocenters. The lowest BCUT2D eigenvalue weighted by molar-refractivity contribution is -0.136. The van der Waals surface area contributed by atoms with Crippen LogP contribution >= 0.6 is 0 Å². The summed E-state index contributed by atoms with van der Waals surface area (Å²) in [6, 6.07) is 11.7. The Hall–Kier alpha value is -3.11. The molecule has 0 saturated heterocycles. The monoisotopic (exact) mass is 327 g/mol. The molecular weight excluding hydrogens is 310 g/mol. The lowest BCUT2D eigenvalue weighted by Gasteiger charge is -2.22. The molecule has 0 fully saturated rings. The van der Waals surface area contributed by atoms with Crippen molar-refractivity contribution in [2.75, 3.05) is 11.9 Å². The quantitative estimate of drug-likeness (QED) is 0.714. The summed E-state index contributed by atoms with van der Waals surface area (Å²) >= 11 is 0. The highest BCUT2D eigenvalue weighted by Gasteiger charge is 2.25. The average Bonchev–Trinajstić information content (AvgIpc) is 3.05. The van der Waals surface area contributed by atoms with Gasteiger partial charge in [0, 0.05) is 13.0 Å². The molecule has 0 aliphatic rings. The number of nitrogens with one attached hydrogen (secondary N) is 2. The number of furan rings is 1. The Balaban J connectivity index is 1.90. The second kappa shape index (κ2) is 7.44. The van der Waals surface area contributed by atoms with E-state index in [4.69, 9.17) is 9.68 Å². The number of hydrogen-bond acceptors (Lipinski definition) is 5. The van der Waals surface area contributed by atoms with E-state index in [0.717, 1.165) is 0 Å². The van der Waals surface area contributed by atoms with Crippen LogP contribution in [0.4, 0.5) is 5.69 Å². The van der Waals surface area contributed by atoms with Crippen LogP contribution in [0.5, 0.6) is 0 Å². The van der Waals surface area contributed by atoms with Gasteiger partial charge in [0.05, 0.1) is 23.1 Å². The number of carbonyl (C=O) groups excluding carboxylic acids is 2. The highest BCUT2D eigenvalue weighted by molar-refractivity contribution is 6.39. The zero-order valence-corrected chi connectivity index (χ0v) is 13.1. The molecule has 0 aliphatic heterocycles. The molecule has 0 radical (unpaired) electrons. The number of hydrogen-bond donors (Lipinski definition) is 3. The maximum atomic E-state index is 11.9. The molecule has 7 nitrogen and oxygen atoms in total. The Kier molecular flexibility index (Phi) is 5.35. The van der Waals surface area contributed by atoms with E-state index in [0.29, 0.717) is 5.76 Å². The number of rotatable bonds is 5. The minimum Gasteiger partial charge on any atom is -0.469 e. The predicted molar refractivity (Wildman–Crippen MR) is 85.8 cm³/mol. The summed E-state index contributed by atoms with van der Waals surface area (Å²) < 4.78 is 5.15. The van der Waals surface area contributed by atoms with Crippen LogP contribution in [-0.2, 0) is 16.0 Å². The summed E-state index contributed by atoms with van der Waals surface area (Å²) in [5.41, 5.74) is -0.760. The van der Waals surface area contributed by atoms with E-state index in [1.807, 2.05) is 6.07 Å². The van der Waals surface area contributed by atoms with E-state index in [2.05, 4.69) is 10.6 Å². The molecule has 1 aromatic heterocycles. The van der Waals surface area contributed by atoms with E-state index in [-0.39, 0.29) is 24.2 Å². The summed E-state index contributed by atoms with van der Waals surface area (Å²) in [6.45, 7) is 1.40. The first kappa shape index (κ1) is 17.2. The second-order valence-corrected chi connectivity index (χ2v) is 5.55. The van der Waals surface area contributed by atoms with Gasteiger partial charge in [-0.15, -0.1) is 0 Å². The zero-order valence-electron chi connectivity index (χ0n) is 13.1. The Bertz CT molecular complexity index is 760. The lowest BCUT2D eigenvalue weighted by atomic mass is 10.0. The summed E-state index contributed by atoms with van der Waals surface area (Å²) in [7, 11) is 0. The topological polar surface area (TPSA) is 115 Å². The van der Waals surface area contributed by atoms with Crippen molar-refractivity contribution >= 4 is 17.5 Å². The van der Waals surface area contributed by atoms with Gasteiger partial charge in [-0.25, -0.2) is 0 Å². The fourth-order valence-corrected chi connectivity index (χ4v) is 2.07. The first-order chi connectivity index (χ1) is 11.4. The van der Waals surface area contributed by atoms with Gasteiger partial charge in [-0.2, -0.15) is 5.26 Å². The van der Waals surface area contributed by atoms with E-state index in [1.54, 1.807) is 24.3 Å². The fourth-order valence-electron chi connectivity index (χ4n) is 2.07. The van der Waals surface area contributed by atoms with Gasteiger partial charge >= 0.3 is 11.8 Å². The first-order valence-corrected chi connectivity index (χ1v) is 7.24. The van der Waals surface area contributed by atoms with Crippen molar-refractivity contribution in [3.8, 4) is 6.07 Å². The van der Waals surface area contributed by atoms with Crippen LogP contribution in [0.15, 0.2) is 47.1 Å². The number of carbonyl (C=O) groups is 2. The van der Waals surface area contributed by atoms with Crippen LogP contribution in [0.3, 0.4) is 0 Å². The molecule has 0 spiro atoms. The Labute approximate surface area is 138 Å². The molecule has 2 rings (SSSR count). The van der Waals surface area contributed by atoms with Crippen molar-refractivity contribution in [1.29, 1.82) is 5.26 Å². The number of benzene rings is 1. The van der Waals surface area contributed by atoms with Crippen LogP contribution in [0, 0.1) is 11.3 Å². The third kappa shape index (κ3) is 4.69. The fraction of sp³-hybridized carbons (Fsp3) is 0.235. The van der Waals surface area contributed by atoms with E-state index >= 15 is 0 Å². The molecule has 3 N–H and O–H groups in total. The van der Waals surface area contributed by atoms with Crippen molar-refractivity contribution < 1.29 is 19.1 Å². The number of nitriles is 1. The molecule has 1 aromatic carbocycles. The molecule has 1 heterocycles. The molecule has 7 heteroatoms. The van der Waals surface area contributed by atoms with Gasteiger partial charge in [0.25, 0.3) is 0 Å². The number of nitrogens with zero attached hydrogens (tertiary/aromatic N) is 1. The van der Waals surface area contributed by atoms with Gasteiger partial charge in [-0.3, -0.25) is 9.59 Å². The van der Waals surface area contributed by atoms with Gasteiger partial charge < -0.3 is 20.2 Å². The average molecular weight is 327 g/mol. The third-order valence-corrected chi connectivity index (χ3v) is 3.27. The van der Waals surface area contributed by atoms with Crippen LogP contribution in [0.2, 0.25) is 0 Å².